The van der Waals surface area contributed by atoms with Gasteiger partial charge in [-0.05, 0) is 48.6 Å². The van der Waals surface area contributed by atoms with E-state index in [0.29, 0.717) is 10.9 Å². The Labute approximate surface area is 176 Å². The van der Waals surface area contributed by atoms with Gasteiger partial charge in [0.2, 0.25) is 0 Å². The summed E-state index contributed by atoms with van der Waals surface area (Å²) in [6.07, 6.45) is -1.00. The summed E-state index contributed by atoms with van der Waals surface area (Å²) in [5.41, 5.74) is 6.92. The van der Waals surface area contributed by atoms with Gasteiger partial charge in [0.15, 0.2) is 0 Å². The number of fused-ring (bicyclic) bond motifs is 1. The number of benzene rings is 1. The van der Waals surface area contributed by atoms with Crippen molar-refractivity contribution in [2.24, 2.45) is 0 Å². The molecule has 3 aromatic rings. The van der Waals surface area contributed by atoms with Crippen LogP contribution in [0.4, 0.5) is 28.9 Å². The van der Waals surface area contributed by atoms with Crippen LogP contribution in [-0.4, -0.2) is 17.5 Å². The molecule has 1 aliphatic carbocycles. The third-order valence-electron chi connectivity index (χ3n) is 4.60. The fraction of sp³-hybridized carbons (Fsp3) is 0.263. The van der Waals surface area contributed by atoms with Crippen molar-refractivity contribution in [2.75, 3.05) is 11.1 Å². The first-order chi connectivity index (χ1) is 14.2. The van der Waals surface area contributed by atoms with Crippen LogP contribution in [0.25, 0.3) is 10.2 Å². The Morgan fingerprint density at radius 3 is 2.60 bits per heavy atom. The normalized spacial score (nSPS) is 14.0. The number of carbonyl (C=O) groups excluding carboxylic acids is 1. The number of ether oxygens (including phenoxy) is 1. The summed E-state index contributed by atoms with van der Waals surface area (Å²) in [6, 6.07) is 5.15. The summed E-state index contributed by atoms with van der Waals surface area (Å²) < 4.78 is 55.4. The topological polar surface area (TPSA) is 77.2 Å². The fourth-order valence-corrected chi connectivity index (χ4v) is 4.38. The second-order valence-corrected chi connectivity index (χ2v) is 8.12. The van der Waals surface area contributed by atoms with E-state index in [1.807, 2.05) is 0 Å². The van der Waals surface area contributed by atoms with Crippen molar-refractivity contribution in [1.82, 2.24) is 4.98 Å². The zero-order valence-electron chi connectivity index (χ0n) is 15.1. The number of halogens is 5. The number of thiophene rings is 1. The smallest absolute Gasteiger partial charge is 0.387 e. The number of hydrogen-bond donors (Lipinski definition) is 2. The van der Waals surface area contributed by atoms with Crippen molar-refractivity contribution in [3.05, 3.63) is 45.4 Å². The van der Waals surface area contributed by atoms with Crippen LogP contribution >= 0.6 is 22.9 Å². The van der Waals surface area contributed by atoms with Crippen molar-refractivity contribution in [3.8, 4) is 5.75 Å². The van der Waals surface area contributed by atoms with Gasteiger partial charge < -0.3 is 15.8 Å². The second-order valence-electron chi connectivity index (χ2n) is 6.71. The molecular formula is C19H14ClF4N3O2S. The van der Waals surface area contributed by atoms with Crippen LogP contribution in [-0.2, 0) is 0 Å². The fourth-order valence-electron chi connectivity index (χ4n) is 3.12. The molecule has 4 rings (SSSR count). The molecule has 158 valence electrons. The minimum absolute atomic E-state index is 0.114. The van der Waals surface area contributed by atoms with Crippen LogP contribution in [0.2, 0.25) is 5.02 Å². The quantitative estimate of drug-likeness (QED) is 0.430. The van der Waals surface area contributed by atoms with Crippen molar-refractivity contribution in [3.63, 3.8) is 0 Å². The lowest BCUT2D eigenvalue weighted by Crippen LogP contribution is -2.12. The molecule has 0 unspecified atom stereocenters. The molecule has 0 spiro atoms. The molecule has 1 amide bonds. The molecule has 30 heavy (non-hydrogen) atoms. The summed E-state index contributed by atoms with van der Waals surface area (Å²) in [4.78, 5) is 17.1. The molecule has 3 N–H and O–H groups in total. The van der Waals surface area contributed by atoms with Gasteiger partial charge in [0.05, 0.1) is 10.7 Å². The number of aromatic nitrogens is 1. The summed E-state index contributed by atoms with van der Waals surface area (Å²) >= 11 is 6.81. The number of alkyl halides is 4. The molecule has 11 heteroatoms. The van der Waals surface area contributed by atoms with Gasteiger partial charge in [0, 0.05) is 11.1 Å². The van der Waals surface area contributed by atoms with Crippen LogP contribution in [0.3, 0.4) is 0 Å². The number of carbonyl (C=O) groups is 1. The minimum atomic E-state index is -3.03. The number of rotatable bonds is 6. The lowest BCUT2D eigenvalue weighted by Gasteiger charge is -2.09. The molecule has 1 fully saturated rings. The Balaban J connectivity index is 1.66. The van der Waals surface area contributed by atoms with Crippen LogP contribution in [0.15, 0.2) is 24.3 Å². The maximum absolute atomic E-state index is 13.2. The molecule has 1 aromatic carbocycles. The zero-order chi connectivity index (χ0) is 21.6. The maximum atomic E-state index is 13.2. The number of nitrogens with zero attached hydrogens (tertiary/aromatic N) is 1. The average Bonchev–Trinajstić information content (AvgIpc) is 3.46. The zero-order valence-corrected chi connectivity index (χ0v) is 16.7. The van der Waals surface area contributed by atoms with E-state index in [-0.39, 0.29) is 43.5 Å². The van der Waals surface area contributed by atoms with Gasteiger partial charge in [-0.25, -0.2) is 13.8 Å². The van der Waals surface area contributed by atoms with Crippen LogP contribution in [0, 0.1) is 0 Å². The van der Waals surface area contributed by atoms with E-state index in [9.17, 15) is 22.4 Å². The Bertz CT molecular complexity index is 1130. The molecular weight excluding hydrogens is 446 g/mol. The molecule has 1 aliphatic rings. The van der Waals surface area contributed by atoms with E-state index in [1.54, 1.807) is 0 Å². The predicted octanol–water partition coefficient (Wildman–Crippen LogP) is 6.20. The number of amides is 1. The predicted molar refractivity (Wildman–Crippen MR) is 107 cm³/mol. The molecule has 5 nitrogen and oxygen atoms in total. The van der Waals surface area contributed by atoms with Crippen LogP contribution in [0.1, 0.15) is 46.1 Å². The Morgan fingerprint density at radius 2 is 2.00 bits per heavy atom. The number of anilines is 2. The van der Waals surface area contributed by atoms with Gasteiger partial charge in [0.25, 0.3) is 12.3 Å². The van der Waals surface area contributed by atoms with Gasteiger partial charge in [-0.2, -0.15) is 8.78 Å². The van der Waals surface area contributed by atoms with Gasteiger partial charge in [-0.3, -0.25) is 4.79 Å². The highest BCUT2D eigenvalue weighted by atomic mass is 35.5. The molecule has 0 aliphatic heterocycles. The summed E-state index contributed by atoms with van der Waals surface area (Å²) in [6.45, 7) is -3.03. The summed E-state index contributed by atoms with van der Waals surface area (Å²) in [5.74, 6) is -0.694. The van der Waals surface area contributed by atoms with E-state index in [1.165, 1.54) is 24.3 Å². The third kappa shape index (κ3) is 4.01. The average molecular weight is 460 g/mol. The number of pyridine rings is 1. The van der Waals surface area contributed by atoms with Crippen molar-refractivity contribution >= 4 is 50.4 Å². The van der Waals surface area contributed by atoms with E-state index >= 15 is 0 Å². The Kier molecular flexibility index (Phi) is 5.46. The number of nitrogen functional groups attached to an aromatic ring is 1. The maximum Gasteiger partial charge on any atom is 0.387 e. The lowest BCUT2D eigenvalue weighted by molar-refractivity contribution is -0.0497. The Morgan fingerprint density at radius 1 is 1.27 bits per heavy atom. The van der Waals surface area contributed by atoms with Crippen molar-refractivity contribution in [1.29, 1.82) is 0 Å². The van der Waals surface area contributed by atoms with Crippen LogP contribution in [0.5, 0.6) is 5.75 Å². The molecule has 0 bridgehead atoms. The van der Waals surface area contributed by atoms with Crippen LogP contribution < -0.4 is 15.8 Å². The first-order valence-electron chi connectivity index (χ1n) is 8.81. The third-order valence-corrected chi connectivity index (χ3v) is 6.00. The van der Waals surface area contributed by atoms with E-state index in [0.717, 1.165) is 24.2 Å². The molecule has 2 heterocycles. The summed E-state index contributed by atoms with van der Waals surface area (Å²) in [5, 5.41) is 2.98. The first-order valence-corrected chi connectivity index (χ1v) is 10.0. The van der Waals surface area contributed by atoms with E-state index in [2.05, 4.69) is 15.0 Å². The van der Waals surface area contributed by atoms with E-state index in [4.69, 9.17) is 17.3 Å². The standard InChI is InChI=1S/C19H14ClF4N3O2S/c20-10-5-8(3-4-12(10)29-19(23)24)26-17(28)15-14(25)13-9(7-1-2-7)6-11(16(21)22)27-18(13)30-15/h3-7,16,19H,1-2,25H2,(H,26,28). The monoisotopic (exact) mass is 459 g/mol. The highest BCUT2D eigenvalue weighted by molar-refractivity contribution is 7.21. The van der Waals surface area contributed by atoms with E-state index < -0.39 is 18.9 Å². The van der Waals surface area contributed by atoms with Crippen molar-refractivity contribution < 1.29 is 27.1 Å². The summed E-state index contributed by atoms with van der Waals surface area (Å²) in [7, 11) is 0. The second kappa shape index (κ2) is 7.92. The highest BCUT2D eigenvalue weighted by Crippen LogP contribution is 2.47. The molecule has 0 radical (unpaired) electrons. The minimum Gasteiger partial charge on any atom is -0.433 e. The van der Waals surface area contributed by atoms with Crippen molar-refractivity contribution in [2.45, 2.75) is 31.8 Å². The number of nitrogens with two attached hydrogens (primary N) is 1. The molecule has 0 atom stereocenters. The van der Waals surface area contributed by atoms with Gasteiger partial charge >= 0.3 is 6.61 Å². The largest absolute Gasteiger partial charge is 0.433 e. The lowest BCUT2D eigenvalue weighted by atomic mass is 10.1. The number of hydrogen-bond acceptors (Lipinski definition) is 5. The van der Waals surface area contributed by atoms with Gasteiger partial charge in [0.1, 0.15) is 21.2 Å². The molecule has 0 saturated heterocycles. The SMILES string of the molecule is Nc1c(C(=O)Nc2ccc(OC(F)F)c(Cl)c2)sc2nc(C(F)F)cc(C3CC3)c12. The number of nitrogens with one attached hydrogen (secondary N) is 1. The Hall–Kier alpha value is -2.59. The first kappa shape index (κ1) is 20.7. The van der Waals surface area contributed by atoms with Gasteiger partial charge in [-0.15, -0.1) is 11.3 Å². The highest BCUT2D eigenvalue weighted by Gasteiger charge is 2.31. The van der Waals surface area contributed by atoms with Gasteiger partial charge in [-0.1, -0.05) is 11.6 Å². The molecule has 1 saturated carbocycles. The molecule has 2 aromatic heterocycles.